The van der Waals surface area contributed by atoms with E-state index >= 15 is 0 Å². The number of carbonyl (C=O) groups excluding carboxylic acids is 2. The summed E-state index contributed by atoms with van der Waals surface area (Å²) in [5, 5.41) is 2.77. The van der Waals surface area contributed by atoms with Crippen molar-refractivity contribution in [2.75, 3.05) is 25.9 Å². The molecule has 0 radical (unpaired) electrons. The second kappa shape index (κ2) is 12.6. The molecule has 0 aliphatic carbocycles. The maximum Gasteiger partial charge on any atom is 0.410 e. The summed E-state index contributed by atoms with van der Waals surface area (Å²) >= 11 is 0. The van der Waals surface area contributed by atoms with E-state index in [1.807, 2.05) is 13.8 Å². The largest absolute Gasteiger partial charge is 0.473 e. The van der Waals surface area contributed by atoms with E-state index in [9.17, 15) is 9.59 Å². The lowest BCUT2D eigenvalue weighted by molar-refractivity contribution is -0.122. The molecule has 172 valence electrons. The molecular formula is C22H35N5O4. The molecule has 9 heteroatoms. The van der Waals surface area contributed by atoms with Crippen molar-refractivity contribution in [3.05, 3.63) is 11.8 Å². The van der Waals surface area contributed by atoms with Crippen LogP contribution >= 0.6 is 0 Å². The monoisotopic (exact) mass is 433 g/mol. The zero-order chi connectivity index (χ0) is 23.4. The minimum absolute atomic E-state index is 0.0453. The third-order valence-corrected chi connectivity index (χ3v) is 4.07. The molecule has 0 atom stereocenters. The second-order valence-electron chi connectivity index (χ2n) is 8.10. The fraction of sp³-hybridized carbons (Fsp3) is 0.636. The molecule has 9 nitrogen and oxygen atoms in total. The Morgan fingerprint density at radius 2 is 1.97 bits per heavy atom. The molecule has 0 aromatic carbocycles. The molecule has 0 saturated carbocycles. The average molecular weight is 434 g/mol. The number of amides is 2. The standard InChI is InChI=1S/C22H35N5O4/c1-7-17(8-2)30-19-16(14-25-20(23)26-19)12-10-9-11-13-24-18(28)15-27(6)21(29)31-22(3,4)5/h14,17H,7-9,11,13,15H2,1-6H3,(H,24,28)(H2,23,25,26). The third-order valence-electron chi connectivity index (χ3n) is 4.07. The lowest BCUT2D eigenvalue weighted by atomic mass is 10.2. The van der Waals surface area contributed by atoms with Gasteiger partial charge in [-0.3, -0.25) is 4.79 Å². The van der Waals surface area contributed by atoms with Crippen molar-refractivity contribution in [1.82, 2.24) is 20.2 Å². The number of likely N-dealkylation sites (N-methyl/N-ethyl adjacent to an activating group) is 1. The van der Waals surface area contributed by atoms with Crippen LogP contribution in [0.2, 0.25) is 0 Å². The Kier molecular flexibility index (Phi) is 10.6. The van der Waals surface area contributed by atoms with E-state index in [4.69, 9.17) is 15.2 Å². The molecule has 0 fully saturated rings. The number of aromatic nitrogens is 2. The number of anilines is 1. The summed E-state index contributed by atoms with van der Waals surface area (Å²) in [4.78, 5) is 33.2. The van der Waals surface area contributed by atoms with Crippen LogP contribution in [0.4, 0.5) is 10.7 Å². The Hall–Kier alpha value is -3.02. The topological polar surface area (TPSA) is 120 Å². The Labute approximate surface area is 185 Å². The number of hydrogen-bond acceptors (Lipinski definition) is 7. The molecule has 0 bridgehead atoms. The second-order valence-corrected chi connectivity index (χ2v) is 8.10. The van der Waals surface area contributed by atoms with E-state index in [1.165, 1.54) is 11.9 Å². The highest BCUT2D eigenvalue weighted by Crippen LogP contribution is 2.18. The number of hydrogen-bond donors (Lipinski definition) is 2. The molecule has 0 aliphatic heterocycles. The first-order chi connectivity index (χ1) is 14.6. The predicted octanol–water partition coefficient (Wildman–Crippen LogP) is 2.74. The molecule has 1 heterocycles. The summed E-state index contributed by atoms with van der Waals surface area (Å²) in [7, 11) is 1.52. The number of nitrogens with one attached hydrogen (secondary N) is 1. The smallest absolute Gasteiger partial charge is 0.410 e. The minimum atomic E-state index is -0.602. The molecule has 1 aromatic rings. The third kappa shape index (κ3) is 10.5. The fourth-order valence-corrected chi connectivity index (χ4v) is 2.41. The van der Waals surface area contributed by atoms with Crippen molar-refractivity contribution in [2.45, 2.75) is 72.0 Å². The first kappa shape index (κ1) is 26.0. The highest BCUT2D eigenvalue weighted by atomic mass is 16.6. The average Bonchev–Trinajstić information content (AvgIpc) is 2.68. The molecule has 3 N–H and O–H groups in total. The molecule has 1 aromatic heterocycles. The van der Waals surface area contributed by atoms with Crippen LogP contribution in [0, 0.1) is 11.8 Å². The molecule has 0 unspecified atom stereocenters. The van der Waals surface area contributed by atoms with Crippen LogP contribution in [0.3, 0.4) is 0 Å². The van der Waals surface area contributed by atoms with E-state index < -0.39 is 11.7 Å². The van der Waals surface area contributed by atoms with Crippen LogP contribution in [-0.2, 0) is 9.53 Å². The fourth-order valence-electron chi connectivity index (χ4n) is 2.41. The van der Waals surface area contributed by atoms with E-state index in [1.54, 1.807) is 27.0 Å². The van der Waals surface area contributed by atoms with Crippen LogP contribution in [0.15, 0.2) is 6.20 Å². The number of carbonyl (C=O) groups is 2. The SMILES string of the molecule is CCC(CC)Oc1nc(N)ncc1C#CCCCNC(=O)CN(C)C(=O)OC(C)(C)C. The maximum atomic E-state index is 12.0. The first-order valence-electron chi connectivity index (χ1n) is 10.5. The Balaban J connectivity index is 2.46. The van der Waals surface area contributed by atoms with E-state index in [0.29, 0.717) is 30.8 Å². The molecule has 31 heavy (non-hydrogen) atoms. The van der Waals surface area contributed by atoms with Crippen LogP contribution in [0.1, 0.15) is 65.9 Å². The van der Waals surface area contributed by atoms with E-state index in [-0.39, 0.29) is 24.5 Å². The van der Waals surface area contributed by atoms with E-state index in [0.717, 1.165) is 12.8 Å². The molecular weight excluding hydrogens is 398 g/mol. The molecule has 0 saturated heterocycles. The molecule has 0 spiro atoms. The number of rotatable bonds is 9. The Morgan fingerprint density at radius 1 is 1.29 bits per heavy atom. The highest BCUT2D eigenvalue weighted by molar-refractivity contribution is 5.82. The van der Waals surface area contributed by atoms with E-state index in [2.05, 4.69) is 27.1 Å². The van der Waals surface area contributed by atoms with Gasteiger partial charge in [0, 0.05) is 20.0 Å². The Bertz CT molecular complexity index is 791. The van der Waals surface area contributed by atoms with Crippen LogP contribution in [-0.4, -0.2) is 58.7 Å². The van der Waals surface area contributed by atoms with Gasteiger partial charge in [-0.25, -0.2) is 9.78 Å². The van der Waals surface area contributed by atoms with Crippen molar-refractivity contribution < 1.29 is 19.1 Å². The number of nitrogen functional groups attached to an aromatic ring is 1. The summed E-state index contributed by atoms with van der Waals surface area (Å²) in [5.74, 6) is 6.34. The van der Waals surface area contributed by atoms with Crippen molar-refractivity contribution in [2.24, 2.45) is 0 Å². The zero-order valence-corrected chi connectivity index (χ0v) is 19.4. The summed E-state index contributed by atoms with van der Waals surface area (Å²) < 4.78 is 11.1. The van der Waals surface area contributed by atoms with Gasteiger partial charge in [-0.15, -0.1) is 0 Å². The van der Waals surface area contributed by atoms with Gasteiger partial charge < -0.3 is 25.4 Å². The number of ether oxygens (including phenoxy) is 2. The number of nitrogens with two attached hydrogens (primary N) is 1. The Morgan fingerprint density at radius 3 is 2.58 bits per heavy atom. The van der Waals surface area contributed by atoms with Crippen molar-refractivity contribution in [1.29, 1.82) is 0 Å². The van der Waals surface area contributed by atoms with Crippen LogP contribution in [0.25, 0.3) is 0 Å². The van der Waals surface area contributed by atoms with Crippen LogP contribution in [0.5, 0.6) is 5.88 Å². The van der Waals surface area contributed by atoms with Gasteiger partial charge >= 0.3 is 6.09 Å². The summed E-state index contributed by atoms with van der Waals surface area (Å²) in [6, 6.07) is 0. The van der Waals surface area contributed by atoms with Crippen molar-refractivity contribution in [3.63, 3.8) is 0 Å². The highest BCUT2D eigenvalue weighted by Gasteiger charge is 2.20. The van der Waals surface area contributed by atoms with Gasteiger partial charge in [-0.1, -0.05) is 25.7 Å². The summed E-state index contributed by atoms with van der Waals surface area (Å²) in [5.41, 5.74) is 5.65. The first-order valence-corrected chi connectivity index (χ1v) is 10.5. The zero-order valence-electron chi connectivity index (χ0n) is 19.4. The molecule has 2 amide bonds. The van der Waals surface area contributed by atoms with Gasteiger partial charge in [0.2, 0.25) is 17.7 Å². The molecule has 0 aliphatic rings. The minimum Gasteiger partial charge on any atom is -0.473 e. The summed E-state index contributed by atoms with van der Waals surface area (Å²) in [6.45, 7) is 9.80. The van der Waals surface area contributed by atoms with Gasteiger partial charge in [-0.05, 0) is 40.0 Å². The number of nitrogens with zero attached hydrogens (tertiary/aromatic N) is 3. The quantitative estimate of drug-likeness (QED) is 0.454. The van der Waals surface area contributed by atoms with Gasteiger partial charge in [0.1, 0.15) is 17.7 Å². The van der Waals surface area contributed by atoms with Crippen LogP contribution < -0.4 is 15.8 Å². The lowest BCUT2D eigenvalue weighted by Gasteiger charge is -2.24. The summed E-state index contributed by atoms with van der Waals surface area (Å²) in [6.07, 6.45) is 4.01. The van der Waals surface area contributed by atoms with Crippen molar-refractivity contribution in [3.8, 4) is 17.7 Å². The van der Waals surface area contributed by atoms with Gasteiger partial charge in [0.15, 0.2) is 0 Å². The number of unbranched alkanes of at least 4 members (excludes halogenated alkanes) is 1. The predicted molar refractivity (Wildman–Crippen MR) is 119 cm³/mol. The van der Waals surface area contributed by atoms with Crippen molar-refractivity contribution >= 4 is 17.9 Å². The lowest BCUT2D eigenvalue weighted by Crippen LogP contribution is -2.41. The maximum absolute atomic E-state index is 12.0. The normalized spacial score (nSPS) is 10.8. The van der Waals surface area contributed by atoms with Gasteiger partial charge in [0.05, 0.1) is 12.3 Å². The van der Waals surface area contributed by atoms with Gasteiger partial charge in [0.25, 0.3) is 0 Å². The molecule has 1 rings (SSSR count). The van der Waals surface area contributed by atoms with Gasteiger partial charge in [-0.2, -0.15) is 4.98 Å².